The zero-order valence-electron chi connectivity index (χ0n) is 19.7. The molecule has 0 saturated heterocycles. The van der Waals surface area contributed by atoms with Gasteiger partial charge in [0.15, 0.2) is 6.61 Å². The summed E-state index contributed by atoms with van der Waals surface area (Å²) >= 11 is 0. The van der Waals surface area contributed by atoms with Gasteiger partial charge in [0.1, 0.15) is 5.75 Å². The summed E-state index contributed by atoms with van der Waals surface area (Å²) in [6.07, 6.45) is 0.982. The van der Waals surface area contributed by atoms with Crippen molar-refractivity contribution < 1.29 is 24.2 Å². The second-order valence-electron chi connectivity index (χ2n) is 9.69. The number of nitro groups is 2. The lowest BCUT2D eigenvalue weighted by atomic mass is 9.72. The van der Waals surface area contributed by atoms with Crippen LogP contribution < -0.4 is 15.6 Å². The maximum atomic E-state index is 12.2. The van der Waals surface area contributed by atoms with Gasteiger partial charge in [0.2, 0.25) is 0 Å². The number of non-ortho nitro benzene ring substituents is 2. The number of nitrogens with one attached hydrogen (secondary N) is 2. The summed E-state index contributed by atoms with van der Waals surface area (Å²) in [6.45, 7) is 10.5. The normalized spacial score (nSPS) is 11.4. The van der Waals surface area contributed by atoms with Gasteiger partial charge in [-0.1, -0.05) is 46.8 Å². The van der Waals surface area contributed by atoms with Crippen LogP contribution in [0.2, 0.25) is 0 Å². The fourth-order valence-corrected chi connectivity index (χ4v) is 3.75. The Balaban J connectivity index is 1.93. The van der Waals surface area contributed by atoms with Crippen LogP contribution in [0.5, 0.6) is 5.75 Å². The highest BCUT2D eigenvalue weighted by Gasteiger charge is 2.27. The molecule has 0 atom stereocenters. The largest absolute Gasteiger partial charge is 0.484 e. The van der Waals surface area contributed by atoms with Crippen LogP contribution >= 0.6 is 0 Å². The molecule has 0 spiro atoms. The molecule has 0 fully saturated rings. The smallest absolute Gasteiger partial charge is 0.277 e. The van der Waals surface area contributed by atoms with Crippen molar-refractivity contribution >= 4 is 23.2 Å². The molecule has 2 N–H and O–H groups in total. The lowest BCUT2D eigenvalue weighted by Crippen LogP contribution is -2.43. The third-order valence-electron chi connectivity index (χ3n) is 4.88. The number of hydrogen-bond acceptors (Lipinski definition) is 7. The van der Waals surface area contributed by atoms with Gasteiger partial charge in [-0.15, -0.1) is 0 Å². The number of ether oxygens (including phenoxy) is 1. The van der Waals surface area contributed by atoms with Crippen molar-refractivity contribution in [1.82, 2.24) is 10.9 Å². The molecule has 0 bridgehead atoms. The number of hydrazine groups is 1. The predicted octanol–water partition coefficient (Wildman–Crippen LogP) is 4.06. The van der Waals surface area contributed by atoms with E-state index in [0.717, 1.165) is 30.2 Å². The molecule has 0 heterocycles. The Morgan fingerprint density at radius 1 is 0.882 bits per heavy atom. The molecule has 0 aliphatic carbocycles. The van der Waals surface area contributed by atoms with Gasteiger partial charge in [-0.2, -0.15) is 0 Å². The van der Waals surface area contributed by atoms with E-state index in [-0.39, 0.29) is 16.4 Å². The maximum Gasteiger partial charge on any atom is 0.277 e. The minimum atomic E-state index is -0.953. The van der Waals surface area contributed by atoms with Crippen molar-refractivity contribution in [3.63, 3.8) is 0 Å². The first-order valence-electron chi connectivity index (χ1n) is 10.4. The van der Waals surface area contributed by atoms with Crippen molar-refractivity contribution in [3.8, 4) is 5.75 Å². The molecule has 0 aliphatic heterocycles. The van der Waals surface area contributed by atoms with Gasteiger partial charge in [0.25, 0.3) is 23.2 Å². The molecule has 0 radical (unpaired) electrons. The average molecular weight is 472 g/mol. The Morgan fingerprint density at radius 2 is 1.41 bits per heavy atom. The zero-order valence-corrected chi connectivity index (χ0v) is 19.7. The molecule has 11 heteroatoms. The van der Waals surface area contributed by atoms with Crippen molar-refractivity contribution in [2.24, 2.45) is 5.41 Å². The molecule has 2 aromatic rings. The van der Waals surface area contributed by atoms with Crippen LogP contribution in [0.15, 0.2) is 42.5 Å². The molecule has 11 nitrogen and oxygen atoms in total. The number of carbonyl (C=O) groups is 2. The molecule has 0 aromatic heterocycles. The van der Waals surface area contributed by atoms with Gasteiger partial charge in [-0.05, 0) is 34.9 Å². The SMILES string of the molecule is CC(C)(C)CC(C)(C)c1ccc(OCC(=O)NNC(=O)c2cc([N+](=O)[O-])cc([N+](=O)[O-])c2)cc1. The van der Waals surface area contributed by atoms with Crippen LogP contribution in [0.3, 0.4) is 0 Å². The quantitative estimate of drug-likeness (QED) is 0.434. The van der Waals surface area contributed by atoms with E-state index >= 15 is 0 Å². The number of hydrogen-bond donors (Lipinski definition) is 2. The molecule has 2 aromatic carbocycles. The molecular weight excluding hydrogens is 444 g/mol. The standard InChI is InChI=1S/C23H28N4O7/c1-22(2,3)14-23(4,5)16-6-8-19(9-7-16)34-13-20(28)24-25-21(29)15-10-17(26(30)31)12-18(11-15)27(32)33/h6-12H,13-14H2,1-5H3,(H,24,28)(H,25,29). The molecule has 0 saturated carbocycles. The van der Waals surface area contributed by atoms with E-state index in [9.17, 15) is 29.8 Å². The van der Waals surface area contributed by atoms with Gasteiger partial charge in [0, 0.05) is 12.1 Å². The van der Waals surface area contributed by atoms with Gasteiger partial charge < -0.3 is 4.74 Å². The van der Waals surface area contributed by atoms with Gasteiger partial charge in [-0.3, -0.25) is 40.7 Å². The summed E-state index contributed by atoms with van der Waals surface area (Å²) in [5.74, 6) is -1.18. The Labute approximate surface area is 196 Å². The number of carbonyl (C=O) groups excluding carboxylic acids is 2. The van der Waals surface area contributed by atoms with E-state index in [2.05, 4.69) is 45.5 Å². The van der Waals surface area contributed by atoms with Crippen LogP contribution in [-0.2, 0) is 10.2 Å². The molecule has 182 valence electrons. The van der Waals surface area contributed by atoms with Gasteiger partial charge >= 0.3 is 0 Å². The fraction of sp³-hybridized carbons (Fsp3) is 0.391. The van der Waals surface area contributed by atoms with Crippen molar-refractivity contribution in [2.45, 2.75) is 46.5 Å². The van der Waals surface area contributed by atoms with Crippen molar-refractivity contribution in [3.05, 3.63) is 73.8 Å². The number of amides is 2. The first-order valence-corrected chi connectivity index (χ1v) is 10.4. The molecule has 34 heavy (non-hydrogen) atoms. The van der Waals surface area contributed by atoms with Crippen LogP contribution in [0.1, 0.15) is 57.0 Å². The number of nitro benzene ring substituents is 2. The summed E-state index contributed by atoms with van der Waals surface area (Å²) in [4.78, 5) is 44.4. The Morgan fingerprint density at radius 3 is 1.88 bits per heavy atom. The van der Waals surface area contributed by atoms with Crippen LogP contribution in [0, 0.1) is 25.6 Å². The number of rotatable bonds is 8. The zero-order chi connectivity index (χ0) is 25.7. The number of benzene rings is 2. The maximum absolute atomic E-state index is 12.2. The van der Waals surface area contributed by atoms with E-state index in [1.165, 1.54) is 0 Å². The fourth-order valence-electron chi connectivity index (χ4n) is 3.75. The Hall–Kier alpha value is -4.02. The first kappa shape index (κ1) is 26.2. The van der Waals surface area contributed by atoms with E-state index in [0.29, 0.717) is 5.75 Å². The van der Waals surface area contributed by atoms with Gasteiger partial charge in [0.05, 0.1) is 21.5 Å². The highest BCUT2D eigenvalue weighted by Crippen LogP contribution is 2.36. The monoisotopic (exact) mass is 472 g/mol. The second kappa shape index (κ2) is 10.3. The van der Waals surface area contributed by atoms with E-state index < -0.39 is 39.6 Å². The minimum Gasteiger partial charge on any atom is -0.484 e. The summed E-state index contributed by atoms with van der Waals surface area (Å²) in [6, 6.07) is 9.87. The Kier molecular flexibility index (Phi) is 7.93. The molecule has 0 aliphatic rings. The number of nitrogens with zero attached hydrogens (tertiary/aromatic N) is 2. The van der Waals surface area contributed by atoms with Crippen molar-refractivity contribution in [1.29, 1.82) is 0 Å². The summed E-state index contributed by atoms with van der Waals surface area (Å²) in [5.41, 5.74) is 3.82. The third kappa shape index (κ3) is 7.54. The summed E-state index contributed by atoms with van der Waals surface area (Å²) < 4.78 is 5.43. The Bertz CT molecular complexity index is 1060. The summed E-state index contributed by atoms with van der Waals surface area (Å²) in [5, 5.41) is 21.9. The molecule has 2 amide bonds. The highest BCUT2D eigenvalue weighted by molar-refractivity contribution is 5.96. The van der Waals surface area contributed by atoms with E-state index in [1.54, 1.807) is 12.1 Å². The highest BCUT2D eigenvalue weighted by atomic mass is 16.6. The van der Waals surface area contributed by atoms with Gasteiger partial charge in [-0.25, -0.2) is 0 Å². The minimum absolute atomic E-state index is 0.0416. The molecule has 2 rings (SSSR count). The van der Waals surface area contributed by atoms with E-state index in [1.807, 2.05) is 12.1 Å². The predicted molar refractivity (Wildman–Crippen MR) is 124 cm³/mol. The first-order chi connectivity index (χ1) is 15.7. The lowest BCUT2D eigenvalue weighted by molar-refractivity contribution is -0.394. The average Bonchev–Trinajstić information content (AvgIpc) is 2.74. The second-order valence-corrected chi connectivity index (χ2v) is 9.69. The van der Waals surface area contributed by atoms with Crippen LogP contribution in [0.4, 0.5) is 11.4 Å². The molecule has 0 unspecified atom stereocenters. The summed E-state index contributed by atoms with van der Waals surface area (Å²) in [7, 11) is 0. The third-order valence-corrected chi connectivity index (χ3v) is 4.88. The van der Waals surface area contributed by atoms with E-state index in [4.69, 9.17) is 4.74 Å². The van der Waals surface area contributed by atoms with Crippen LogP contribution in [-0.4, -0.2) is 28.3 Å². The lowest BCUT2D eigenvalue weighted by Gasteiger charge is -2.33. The van der Waals surface area contributed by atoms with Crippen LogP contribution in [0.25, 0.3) is 0 Å². The molecular formula is C23H28N4O7. The topological polar surface area (TPSA) is 154 Å². The van der Waals surface area contributed by atoms with Crippen molar-refractivity contribution in [2.75, 3.05) is 6.61 Å².